The second kappa shape index (κ2) is 14.5. The van der Waals surface area contributed by atoms with Crippen LogP contribution in [0.3, 0.4) is 0 Å². The Morgan fingerprint density at radius 3 is 2.37 bits per heavy atom. The molecule has 7 nitrogen and oxygen atoms in total. The third kappa shape index (κ3) is 7.93. The van der Waals surface area contributed by atoms with Crippen molar-refractivity contribution in [3.05, 3.63) is 95.2 Å². The number of halogens is 3. The molecule has 3 aromatic rings. The number of rotatable bonds is 10. The number of hydrogen-bond acceptors (Lipinski definition) is 5. The molecule has 0 aliphatic heterocycles. The SMILES string of the molecule is CCN(CC)c1ccc(/C=C(/NC(=O)c2ccccc2Cl)C(=O)N/N=C/c2cc(I)cc(I)c2OC)cc1. The van der Waals surface area contributed by atoms with Crippen LogP contribution < -0.4 is 20.4 Å². The largest absolute Gasteiger partial charge is 0.495 e. The first-order valence-electron chi connectivity index (χ1n) is 11.8. The van der Waals surface area contributed by atoms with Crippen molar-refractivity contribution in [1.29, 1.82) is 0 Å². The van der Waals surface area contributed by atoms with Gasteiger partial charge in [0.15, 0.2) is 0 Å². The highest BCUT2D eigenvalue weighted by Crippen LogP contribution is 2.27. The number of nitrogens with one attached hydrogen (secondary N) is 2. The molecule has 0 atom stereocenters. The van der Waals surface area contributed by atoms with E-state index in [9.17, 15) is 9.59 Å². The fourth-order valence-corrected chi connectivity index (χ4v) is 5.97. The molecule has 0 heterocycles. The van der Waals surface area contributed by atoms with E-state index in [1.807, 2.05) is 36.4 Å². The van der Waals surface area contributed by atoms with Crippen LogP contribution in [0.5, 0.6) is 5.75 Å². The zero-order valence-corrected chi connectivity index (χ0v) is 26.2. The van der Waals surface area contributed by atoms with Crippen LogP contribution >= 0.6 is 56.8 Å². The average molecular weight is 757 g/mol. The number of hydrogen-bond donors (Lipinski definition) is 2. The topological polar surface area (TPSA) is 83.0 Å². The summed E-state index contributed by atoms with van der Waals surface area (Å²) in [7, 11) is 1.58. The van der Waals surface area contributed by atoms with Crippen LogP contribution in [0.1, 0.15) is 35.3 Å². The lowest BCUT2D eigenvalue weighted by molar-refractivity contribution is -0.117. The lowest BCUT2D eigenvalue weighted by atomic mass is 10.1. The van der Waals surface area contributed by atoms with Gasteiger partial charge in [-0.25, -0.2) is 5.43 Å². The Kier molecular flexibility index (Phi) is 11.4. The average Bonchev–Trinajstić information content (AvgIpc) is 2.90. The lowest BCUT2D eigenvalue weighted by Gasteiger charge is -2.21. The van der Waals surface area contributed by atoms with Crippen LogP contribution in [0.15, 0.2) is 71.5 Å². The minimum absolute atomic E-state index is 0.0202. The number of amides is 2. The van der Waals surface area contributed by atoms with Gasteiger partial charge in [-0.15, -0.1) is 0 Å². The summed E-state index contributed by atoms with van der Waals surface area (Å²) in [5.74, 6) is -0.441. The third-order valence-electron chi connectivity index (χ3n) is 5.55. The highest BCUT2D eigenvalue weighted by molar-refractivity contribution is 14.1. The molecule has 2 amide bonds. The number of anilines is 1. The van der Waals surface area contributed by atoms with Gasteiger partial charge in [-0.2, -0.15) is 5.10 Å². The van der Waals surface area contributed by atoms with E-state index in [1.165, 1.54) is 6.21 Å². The van der Waals surface area contributed by atoms with Crippen molar-refractivity contribution in [2.24, 2.45) is 5.10 Å². The van der Waals surface area contributed by atoms with E-state index in [1.54, 1.807) is 37.5 Å². The number of benzene rings is 3. The molecule has 198 valence electrons. The number of ether oxygens (including phenoxy) is 1. The minimum atomic E-state index is -0.589. The smallest absolute Gasteiger partial charge is 0.287 e. The van der Waals surface area contributed by atoms with Gasteiger partial charge in [0.25, 0.3) is 11.8 Å². The van der Waals surface area contributed by atoms with Gasteiger partial charge in [0, 0.05) is 27.9 Å². The molecule has 0 unspecified atom stereocenters. The fraction of sp³-hybridized carbons (Fsp3) is 0.179. The van der Waals surface area contributed by atoms with Gasteiger partial charge < -0.3 is 15.0 Å². The molecular formula is C28H27ClI2N4O3. The molecule has 0 saturated carbocycles. The summed E-state index contributed by atoms with van der Waals surface area (Å²) < 4.78 is 7.39. The van der Waals surface area contributed by atoms with Gasteiger partial charge in [-0.3, -0.25) is 9.59 Å². The number of methoxy groups -OCH3 is 1. The maximum Gasteiger partial charge on any atom is 0.287 e. The van der Waals surface area contributed by atoms with Crippen LogP contribution in [0.25, 0.3) is 6.08 Å². The van der Waals surface area contributed by atoms with E-state index >= 15 is 0 Å². The molecule has 0 saturated heterocycles. The van der Waals surface area contributed by atoms with E-state index < -0.39 is 11.8 Å². The number of carbonyl (C=O) groups excluding carboxylic acids is 2. The Bertz CT molecular complexity index is 1360. The molecular weight excluding hydrogens is 730 g/mol. The van der Waals surface area contributed by atoms with Crippen LogP contribution in [-0.2, 0) is 4.79 Å². The first-order chi connectivity index (χ1) is 18.3. The Morgan fingerprint density at radius 2 is 1.74 bits per heavy atom. The summed E-state index contributed by atoms with van der Waals surface area (Å²) in [4.78, 5) is 28.3. The van der Waals surface area contributed by atoms with Crippen molar-refractivity contribution < 1.29 is 14.3 Å². The maximum absolute atomic E-state index is 13.2. The van der Waals surface area contributed by atoms with Crippen molar-refractivity contribution in [2.45, 2.75) is 13.8 Å². The minimum Gasteiger partial charge on any atom is -0.495 e. The van der Waals surface area contributed by atoms with Gasteiger partial charge in [-0.1, -0.05) is 35.9 Å². The molecule has 2 N–H and O–H groups in total. The zero-order chi connectivity index (χ0) is 27.7. The summed E-state index contributed by atoms with van der Waals surface area (Å²) in [6.45, 7) is 5.96. The quantitative estimate of drug-likeness (QED) is 0.110. The molecule has 3 rings (SSSR count). The Labute approximate surface area is 254 Å². The Balaban J connectivity index is 1.89. The number of nitrogens with zero attached hydrogens (tertiary/aromatic N) is 2. The predicted molar refractivity (Wildman–Crippen MR) is 171 cm³/mol. The fourth-order valence-electron chi connectivity index (χ4n) is 3.64. The second-order valence-corrected chi connectivity index (χ2v) is 10.8. The van der Waals surface area contributed by atoms with E-state index in [0.29, 0.717) is 11.3 Å². The molecule has 3 aromatic carbocycles. The summed E-state index contributed by atoms with van der Waals surface area (Å²) in [6.07, 6.45) is 3.11. The first kappa shape index (κ1) is 29.9. The molecule has 38 heavy (non-hydrogen) atoms. The number of hydrazone groups is 1. The van der Waals surface area contributed by atoms with Crippen molar-refractivity contribution >= 4 is 86.6 Å². The molecule has 0 bridgehead atoms. The highest BCUT2D eigenvalue weighted by atomic mass is 127. The predicted octanol–water partition coefficient (Wildman–Crippen LogP) is 6.33. The van der Waals surface area contributed by atoms with Gasteiger partial charge in [0.1, 0.15) is 11.4 Å². The summed E-state index contributed by atoms with van der Waals surface area (Å²) >= 11 is 10.6. The standard InChI is InChI=1S/C28H27ClI2N4O3/c1-4-35(5-2)21-12-10-18(11-13-21)14-25(33-27(36)22-8-6-7-9-23(22)29)28(37)34-32-17-19-15-20(30)16-24(31)26(19)38-3/h6-17H,4-5H2,1-3H3,(H,33,36)(H,34,37)/b25-14+,32-17+. The van der Waals surface area contributed by atoms with Crippen molar-refractivity contribution in [3.63, 3.8) is 0 Å². The highest BCUT2D eigenvalue weighted by Gasteiger charge is 2.17. The Morgan fingerprint density at radius 1 is 1.05 bits per heavy atom. The van der Waals surface area contributed by atoms with Crippen molar-refractivity contribution in [1.82, 2.24) is 10.7 Å². The monoisotopic (exact) mass is 756 g/mol. The van der Waals surface area contributed by atoms with Gasteiger partial charge in [-0.05, 0) is 107 Å². The zero-order valence-electron chi connectivity index (χ0n) is 21.1. The summed E-state index contributed by atoms with van der Waals surface area (Å²) in [5, 5.41) is 7.09. The van der Waals surface area contributed by atoms with E-state index in [-0.39, 0.29) is 16.3 Å². The van der Waals surface area contributed by atoms with Gasteiger partial charge in [0.2, 0.25) is 0 Å². The number of carbonyl (C=O) groups is 2. The summed E-state index contributed by atoms with van der Waals surface area (Å²) in [6, 6.07) is 18.3. The molecule has 0 aliphatic rings. The lowest BCUT2D eigenvalue weighted by Crippen LogP contribution is -2.33. The van der Waals surface area contributed by atoms with E-state index in [2.05, 4.69) is 79.8 Å². The van der Waals surface area contributed by atoms with E-state index in [4.69, 9.17) is 16.3 Å². The molecule has 0 spiro atoms. The normalized spacial score (nSPS) is 11.4. The molecule has 0 aromatic heterocycles. The first-order valence-corrected chi connectivity index (χ1v) is 14.3. The van der Waals surface area contributed by atoms with Crippen LogP contribution in [0.4, 0.5) is 5.69 Å². The van der Waals surface area contributed by atoms with E-state index in [0.717, 1.165) is 31.5 Å². The van der Waals surface area contributed by atoms with Crippen LogP contribution in [0, 0.1) is 7.14 Å². The third-order valence-corrected chi connectivity index (χ3v) is 7.31. The van der Waals surface area contributed by atoms with Crippen LogP contribution in [0.2, 0.25) is 5.02 Å². The van der Waals surface area contributed by atoms with Crippen LogP contribution in [-0.4, -0.2) is 38.2 Å². The second-order valence-electron chi connectivity index (χ2n) is 7.97. The van der Waals surface area contributed by atoms with Gasteiger partial charge in [0.05, 0.1) is 27.5 Å². The Hall–Kier alpha value is -2.64. The summed E-state index contributed by atoms with van der Waals surface area (Å²) in [5.41, 5.74) is 5.31. The van der Waals surface area contributed by atoms with Crippen molar-refractivity contribution in [3.8, 4) is 5.75 Å². The molecule has 0 fully saturated rings. The van der Waals surface area contributed by atoms with Gasteiger partial charge >= 0.3 is 0 Å². The molecule has 0 radical (unpaired) electrons. The van der Waals surface area contributed by atoms with Crippen molar-refractivity contribution in [2.75, 3.05) is 25.1 Å². The molecule has 0 aliphatic carbocycles. The molecule has 10 heteroatoms. The maximum atomic E-state index is 13.2.